The molecule has 6 heteroatoms. The highest BCUT2D eigenvalue weighted by molar-refractivity contribution is 7.84. The van der Waals surface area contributed by atoms with E-state index >= 15 is 0 Å². The third-order valence-electron chi connectivity index (χ3n) is 5.33. The van der Waals surface area contributed by atoms with Crippen LogP contribution in [0.25, 0.3) is 0 Å². The maximum absolute atomic E-state index is 11.9. The highest BCUT2D eigenvalue weighted by Gasteiger charge is 2.19. The van der Waals surface area contributed by atoms with Crippen LogP contribution in [0.2, 0.25) is 0 Å². The van der Waals surface area contributed by atoms with Gasteiger partial charge in [-0.25, -0.2) is 4.79 Å². The summed E-state index contributed by atoms with van der Waals surface area (Å²) in [4.78, 5) is 23.0. The first kappa shape index (κ1) is 28.1. The molecule has 0 aromatic carbocycles. The van der Waals surface area contributed by atoms with Crippen LogP contribution in [0.15, 0.2) is 0 Å². The van der Waals surface area contributed by atoms with Crippen molar-refractivity contribution in [3.05, 3.63) is 0 Å². The second-order valence-electron chi connectivity index (χ2n) is 8.22. The molecule has 5 nitrogen and oxygen atoms in total. The fraction of sp³-hybridized carbons (Fsp3) is 0.913. The topological polar surface area (TPSA) is 83.5 Å². The van der Waals surface area contributed by atoms with Gasteiger partial charge in [0.15, 0.2) is 0 Å². The lowest BCUT2D eigenvalue weighted by Gasteiger charge is -2.13. The summed E-state index contributed by atoms with van der Waals surface area (Å²) >= 11 is 0. The minimum absolute atomic E-state index is 0.211. The van der Waals surface area contributed by atoms with E-state index < -0.39 is 22.8 Å². The number of carboxylic acid groups (broad SMARTS) is 1. The van der Waals surface area contributed by atoms with E-state index in [0.717, 1.165) is 19.3 Å². The van der Waals surface area contributed by atoms with Gasteiger partial charge in [0.2, 0.25) is 5.91 Å². The number of unbranched alkanes of at least 4 members (excludes halogenated alkanes) is 14. The van der Waals surface area contributed by atoms with Gasteiger partial charge in [0, 0.05) is 29.2 Å². The van der Waals surface area contributed by atoms with Crippen LogP contribution < -0.4 is 5.32 Å². The Morgan fingerprint density at radius 1 is 0.793 bits per heavy atom. The van der Waals surface area contributed by atoms with E-state index in [4.69, 9.17) is 5.11 Å². The molecule has 0 spiro atoms. The molecule has 0 radical (unpaired) electrons. The molecule has 0 saturated carbocycles. The third kappa shape index (κ3) is 20.2. The summed E-state index contributed by atoms with van der Waals surface area (Å²) < 4.78 is 11.1. The largest absolute Gasteiger partial charge is 0.480 e. The van der Waals surface area contributed by atoms with Gasteiger partial charge in [-0.3, -0.25) is 9.00 Å². The molecule has 0 aromatic heterocycles. The number of carbonyl (C=O) groups excluding carboxylic acids is 1. The van der Waals surface area contributed by atoms with Crippen molar-refractivity contribution in [3.8, 4) is 0 Å². The Kier molecular flexibility index (Phi) is 19.7. The van der Waals surface area contributed by atoms with Gasteiger partial charge in [-0.15, -0.1) is 0 Å². The van der Waals surface area contributed by atoms with Crippen LogP contribution in [0.4, 0.5) is 0 Å². The summed E-state index contributed by atoms with van der Waals surface area (Å²) in [5.41, 5.74) is 0. The molecule has 172 valence electrons. The number of aliphatic carboxylic acids is 1. The molecule has 0 aliphatic carbocycles. The monoisotopic (exact) mass is 431 g/mol. The first-order chi connectivity index (χ1) is 14.0. The van der Waals surface area contributed by atoms with Gasteiger partial charge in [-0.2, -0.15) is 0 Å². The first-order valence-electron chi connectivity index (χ1n) is 11.8. The Morgan fingerprint density at radius 3 is 1.59 bits per heavy atom. The fourth-order valence-electron chi connectivity index (χ4n) is 3.46. The lowest BCUT2D eigenvalue weighted by Crippen LogP contribution is -2.41. The second-order valence-corrected chi connectivity index (χ2v) is 9.78. The van der Waals surface area contributed by atoms with Crippen LogP contribution >= 0.6 is 0 Å². The molecule has 0 aliphatic heterocycles. The van der Waals surface area contributed by atoms with E-state index in [1.54, 1.807) is 0 Å². The van der Waals surface area contributed by atoms with Crippen molar-refractivity contribution in [2.45, 2.75) is 122 Å². The molecule has 0 bridgehead atoms. The van der Waals surface area contributed by atoms with Gasteiger partial charge in [-0.05, 0) is 12.8 Å². The summed E-state index contributed by atoms with van der Waals surface area (Å²) in [7, 11) is -1.05. The van der Waals surface area contributed by atoms with Crippen LogP contribution in [0.3, 0.4) is 0 Å². The number of carboxylic acids is 1. The Labute approximate surface area is 181 Å². The van der Waals surface area contributed by atoms with Crippen LogP contribution in [-0.4, -0.2) is 39.2 Å². The first-order valence-corrected chi connectivity index (χ1v) is 13.5. The Hall–Kier alpha value is -0.910. The van der Waals surface area contributed by atoms with Gasteiger partial charge in [0.05, 0.1) is 0 Å². The zero-order chi connectivity index (χ0) is 21.7. The number of rotatable bonds is 21. The van der Waals surface area contributed by atoms with Gasteiger partial charge < -0.3 is 10.4 Å². The van der Waals surface area contributed by atoms with Crippen molar-refractivity contribution >= 4 is 22.7 Å². The lowest BCUT2D eigenvalue weighted by atomic mass is 10.0. The predicted molar refractivity (Wildman–Crippen MR) is 123 cm³/mol. The van der Waals surface area contributed by atoms with Crippen molar-refractivity contribution in [1.29, 1.82) is 0 Å². The summed E-state index contributed by atoms with van der Waals surface area (Å²) in [6.45, 7) is 2.26. The molecular weight excluding hydrogens is 386 g/mol. The van der Waals surface area contributed by atoms with Crippen molar-refractivity contribution in [2.75, 3.05) is 12.0 Å². The third-order valence-corrected chi connectivity index (χ3v) is 6.15. The molecule has 1 unspecified atom stereocenters. The number of nitrogens with one attached hydrogen (secondary N) is 1. The Morgan fingerprint density at radius 2 is 1.21 bits per heavy atom. The maximum atomic E-state index is 11.9. The van der Waals surface area contributed by atoms with E-state index in [2.05, 4.69) is 12.2 Å². The van der Waals surface area contributed by atoms with E-state index in [1.165, 1.54) is 83.3 Å². The molecule has 2 atom stereocenters. The van der Waals surface area contributed by atoms with E-state index in [-0.39, 0.29) is 18.1 Å². The number of hydrogen-bond donors (Lipinski definition) is 2. The molecule has 2 N–H and O–H groups in total. The standard InChI is InChI=1S/C23H45NO4S/c1-3-4-5-6-7-8-9-10-11-12-13-14-15-16-17-18-22(25)24-21(23(26)27)19-20-29(2)28/h21H,3-20H2,1-2H3,(H,24,25)(H,26,27)/t21-,29?/m0/s1. The smallest absolute Gasteiger partial charge is 0.326 e. The highest BCUT2D eigenvalue weighted by atomic mass is 32.2. The van der Waals surface area contributed by atoms with Crippen molar-refractivity contribution in [3.63, 3.8) is 0 Å². The predicted octanol–water partition coefficient (Wildman–Crippen LogP) is 5.59. The zero-order valence-corrected chi connectivity index (χ0v) is 19.7. The quantitative estimate of drug-likeness (QED) is 0.232. The Bertz CT molecular complexity index is 443. The molecule has 0 rings (SSSR count). The van der Waals surface area contributed by atoms with E-state index in [9.17, 15) is 13.8 Å². The zero-order valence-electron chi connectivity index (χ0n) is 18.9. The normalized spacial score (nSPS) is 13.2. The number of amides is 1. The van der Waals surface area contributed by atoms with Gasteiger partial charge >= 0.3 is 5.97 Å². The molecule has 0 aromatic rings. The molecule has 29 heavy (non-hydrogen) atoms. The SMILES string of the molecule is CCCCCCCCCCCCCCCCCC(=O)N[C@@H](CCS(C)=O)C(=O)O. The maximum Gasteiger partial charge on any atom is 0.326 e. The average Bonchev–Trinajstić information content (AvgIpc) is 2.67. The molecular formula is C23H45NO4S. The number of carbonyl (C=O) groups is 2. The van der Waals surface area contributed by atoms with Crippen molar-refractivity contribution in [2.24, 2.45) is 0 Å². The van der Waals surface area contributed by atoms with Crippen molar-refractivity contribution < 1.29 is 18.9 Å². The Balaban J connectivity index is 3.45. The molecule has 0 saturated heterocycles. The minimum Gasteiger partial charge on any atom is -0.480 e. The molecule has 0 fully saturated rings. The van der Waals surface area contributed by atoms with Crippen molar-refractivity contribution in [1.82, 2.24) is 5.32 Å². The lowest BCUT2D eigenvalue weighted by molar-refractivity contribution is -0.141. The van der Waals surface area contributed by atoms with Gasteiger partial charge in [-0.1, -0.05) is 96.8 Å². The average molecular weight is 432 g/mol. The van der Waals surface area contributed by atoms with Gasteiger partial charge in [0.1, 0.15) is 6.04 Å². The summed E-state index contributed by atoms with van der Waals surface area (Å²) in [5, 5.41) is 11.7. The summed E-state index contributed by atoms with van der Waals surface area (Å²) in [6.07, 6.45) is 21.3. The highest BCUT2D eigenvalue weighted by Crippen LogP contribution is 2.13. The van der Waals surface area contributed by atoms with Crippen LogP contribution in [0.5, 0.6) is 0 Å². The summed E-state index contributed by atoms with van der Waals surface area (Å²) in [6, 6.07) is -0.928. The molecule has 1 amide bonds. The van der Waals surface area contributed by atoms with Crippen LogP contribution in [0, 0.1) is 0 Å². The van der Waals surface area contributed by atoms with E-state index in [1.807, 2.05) is 0 Å². The van der Waals surface area contributed by atoms with Gasteiger partial charge in [0.25, 0.3) is 0 Å². The second kappa shape index (κ2) is 20.4. The molecule has 0 aliphatic rings. The number of hydrogen-bond acceptors (Lipinski definition) is 3. The molecule has 0 heterocycles. The van der Waals surface area contributed by atoms with Crippen LogP contribution in [-0.2, 0) is 20.4 Å². The van der Waals surface area contributed by atoms with Crippen LogP contribution in [0.1, 0.15) is 116 Å². The fourth-order valence-corrected chi connectivity index (χ4v) is 4.03. The minimum atomic E-state index is -1.06. The summed E-state index contributed by atoms with van der Waals surface area (Å²) in [5.74, 6) is -0.981. The van der Waals surface area contributed by atoms with E-state index in [0.29, 0.717) is 6.42 Å².